The minimum atomic E-state index is -0.543. The summed E-state index contributed by atoms with van der Waals surface area (Å²) in [4.78, 5) is 38.5. The van der Waals surface area contributed by atoms with Crippen LogP contribution in [0, 0.1) is 25.2 Å². The Hall–Kier alpha value is -3.77. The van der Waals surface area contributed by atoms with Gasteiger partial charge >= 0.3 is 0 Å². The fourth-order valence-electron chi connectivity index (χ4n) is 2.95. The first kappa shape index (κ1) is 22.9. The minimum absolute atomic E-state index is 0.126. The van der Waals surface area contributed by atoms with Crippen LogP contribution in [0.2, 0.25) is 0 Å². The van der Waals surface area contributed by atoms with Gasteiger partial charge in [-0.25, -0.2) is 0 Å². The second-order valence-electron chi connectivity index (χ2n) is 6.97. The summed E-state index contributed by atoms with van der Waals surface area (Å²) in [6.07, 6.45) is 1.54. The van der Waals surface area contributed by atoms with Crippen molar-refractivity contribution in [2.24, 2.45) is 0 Å². The van der Waals surface area contributed by atoms with Crippen LogP contribution in [0.3, 0.4) is 0 Å². The second-order valence-corrected chi connectivity index (χ2v) is 7.97. The maximum Gasteiger partial charge on any atom is 0.294 e. The van der Waals surface area contributed by atoms with E-state index in [4.69, 9.17) is 14.7 Å². The van der Waals surface area contributed by atoms with E-state index in [1.807, 2.05) is 32.0 Å². The zero-order chi connectivity index (χ0) is 23.3. The lowest BCUT2D eigenvalue weighted by Crippen LogP contribution is -2.36. The molecule has 1 saturated heterocycles. The van der Waals surface area contributed by atoms with Gasteiger partial charge in [-0.3, -0.25) is 19.3 Å². The van der Waals surface area contributed by atoms with Gasteiger partial charge in [-0.05, 0) is 72.6 Å². The quantitative estimate of drug-likeness (QED) is 0.636. The Kier molecular flexibility index (Phi) is 7.18. The Labute approximate surface area is 189 Å². The summed E-state index contributed by atoms with van der Waals surface area (Å²) in [5, 5.41) is 10.8. The Morgan fingerprint density at radius 1 is 1.16 bits per heavy atom. The third kappa shape index (κ3) is 5.28. The number of methoxy groups -OCH3 is 1. The van der Waals surface area contributed by atoms with Crippen LogP contribution in [-0.2, 0) is 9.59 Å². The average Bonchev–Trinajstić information content (AvgIpc) is 3.02. The predicted octanol–water partition coefficient (Wildman–Crippen LogP) is 3.89. The number of imide groups is 1. The molecule has 3 rings (SSSR count). The van der Waals surface area contributed by atoms with Crippen LogP contribution in [0.5, 0.6) is 11.5 Å². The van der Waals surface area contributed by atoms with Crippen molar-refractivity contribution in [3.8, 4) is 17.6 Å². The number of ether oxygens (including phenoxy) is 2. The number of carbonyl (C=O) groups is 3. The summed E-state index contributed by atoms with van der Waals surface area (Å²) < 4.78 is 10.5. The summed E-state index contributed by atoms with van der Waals surface area (Å²) in [7, 11) is 1.46. The number of hydrogen-bond acceptors (Lipinski definition) is 7. The van der Waals surface area contributed by atoms with E-state index in [2.05, 4.69) is 5.32 Å². The van der Waals surface area contributed by atoms with E-state index >= 15 is 0 Å². The molecule has 32 heavy (non-hydrogen) atoms. The molecule has 3 amide bonds. The van der Waals surface area contributed by atoms with E-state index in [1.165, 1.54) is 7.11 Å². The normalized spacial score (nSPS) is 14.4. The number of nitrogens with one attached hydrogen (secondary N) is 1. The van der Waals surface area contributed by atoms with Gasteiger partial charge in [0.1, 0.15) is 12.6 Å². The molecule has 164 valence electrons. The lowest BCUT2D eigenvalue weighted by atomic mass is 10.1. The van der Waals surface area contributed by atoms with Crippen molar-refractivity contribution in [1.29, 1.82) is 5.26 Å². The Morgan fingerprint density at radius 2 is 1.94 bits per heavy atom. The molecule has 1 N–H and O–H groups in total. The summed E-state index contributed by atoms with van der Waals surface area (Å²) >= 11 is 0.764. The van der Waals surface area contributed by atoms with Crippen molar-refractivity contribution >= 4 is 40.6 Å². The lowest BCUT2D eigenvalue weighted by Gasteiger charge is -2.13. The highest BCUT2D eigenvalue weighted by Gasteiger charge is 2.36. The number of nitrogens with zero attached hydrogens (tertiary/aromatic N) is 2. The van der Waals surface area contributed by atoms with Crippen molar-refractivity contribution in [3.05, 3.63) is 58.0 Å². The van der Waals surface area contributed by atoms with E-state index < -0.39 is 17.1 Å². The smallest absolute Gasteiger partial charge is 0.294 e. The van der Waals surface area contributed by atoms with Gasteiger partial charge in [0.25, 0.3) is 11.1 Å². The Morgan fingerprint density at radius 3 is 2.62 bits per heavy atom. The molecule has 0 unspecified atom stereocenters. The highest BCUT2D eigenvalue weighted by molar-refractivity contribution is 8.18. The number of aryl methyl sites for hydroxylation is 2. The van der Waals surface area contributed by atoms with Gasteiger partial charge in [-0.15, -0.1) is 0 Å². The van der Waals surface area contributed by atoms with E-state index in [9.17, 15) is 14.4 Å². The number of amides is 3. The first-order valence-corrected chi connectivity index (χ1v) is 10.4. The Balaban J connectivity index is 1.71. The first-order valence-electron chi connectivity index (χ1n) is 9.62. The molecule has 9 heteroatoms. The van der Waals surface area contributed by atoms with Gasteiger partial charge in [0, 0.05) is 5.69 Å². The molecule has 2 aromatic rings. The van der Waals surface area contributed by atoms with Crippen LogP contribution in [0.4, 0.5) is 10.5 Å². The molecule has 0 saturated carbocycles. The molecule has 0 atom stereocenters. The van der Waals surface area contributed by atoms with Gasteiger partial charge in [-0.2, -0.15) is 5.26 Å². The van der Waals surface area contributed by atoms with Gasteiger partial charge < -0.3 is 14.8 Å². The summed E-state index contributed by atoms with van der Waals surface area (Å²) in [5.74, 6) is -0.222. The molecule has 2 aromatic carbocycles. The molecule has 0 radical (unpaired) electrons. The van der Waals surface area contributed by atoms with Gasteiger partial charge in [0.05, 0.1) is 12.0 Å². The summed E-state index contributed by atoms with van der Waals surface area (Å²) in [5.41, 5.74) is 3.33. The fraction of sp³-hybridized carbons (Fsp3) is 0.217. The molecule has 0 spiro atoms. The zero-order valence-electron chi connectivity index (χ0n) is 17.8. The highest BCUT2D eigenvalue weighted by Crippen LogP contribution is 2.34. The number of thioether (sulfide) groups is 1. The predicted molar refractivity (Wildman–Crippen MR) is 121 cm³/mol. The van der Waals surface area contributed by atoms with Gasteiger partial charge in [0.15, 0.2) is 18.1 Å². The molecule has 1 aliphatic rings. The van der Waals surface area contributed by atoms with Crippen LogP contribution in [0.25, 0.3) is 6.08 Å². The van der Waals surface area contributed by atoms with Gasteiger partial charge in [-0.1, -0.05) is 12.1 Å². The maximum atomic E-state index is 12.7. The standard InChI is InChI=1S/C23H21N3O5S/c1-14-4-6-17(10-15(14)2)25-21(27)13-26-22(28)20(32-23(26)29)12-16-5-7-18(31-9-8-24)19(11-16)30-3/h4-7,10-12H,9,13H2,1-3H3,(H,25,27)/b20-12-. The molecule has 0 aromatic heterocycles. The number of nitriles is 1. The number of rotatable bonds is 7. The molecule has 1 aliphatic heterocycles. The summed E-state index contributed by atoms with van der Waals surface area (Å²) in [6, 6.07) is 12.3. The molecule has 8 nitrogen and oxygen atoms in total. The van der Waals surface area contributed by atoms with Crippen molar-refractivity contribution in [2.75, 3.05) is 25.6 Å². The summed E-state index contributed by atoms with van der Waals surface area (Å²) in [6.45, 7) is 3.40. The number of carbonyl (C=O) groups excluding carboxylic acids is 3. The van der Waals surface area contributed by atoms with E-state index in [1.54, 1.807) is 30.3 Å². The molecule has 0 aliphatic carbocycles. The molecule has 1 fully saturated rings. The SMILES string of the molecule is COc1cc(/C=C2\SC(=O)N(CC(=O)Nc3ccc(C)c(C)c3)C2=O)ccc1OCC#N. The minimum Gasteiger partial charge on any atom is -0.493 e. The largest absolute Gasteiger partial charge is 0.493 e. The van der Waals surface area contributed by atoms with Crippen molar-refractivity contribution < 1.29 is 23.9 Å². The van der Waals surface area contributed by atoms with E-state index in [-0.39, 0.29) is 18.1 Å². The maximum absolute atomic E-state index is 12.7. The Bertz CT molecular complexity index is 1150. The van der Waals surface area contributed by atoms with E-state index in [0.717, 1.165) is 27.8 Å². The first-order chi connectivity index (χ1) is 15.3. The van der Waals surface area contributed by atoms with E-state index in [0.29, 0.717) is 22.7 Å². The second kappa shape index (κ2) is 10.0. The van der Waals surface area contributed by atoms with Crippen LogP contribution in [0.1, 0.15) is 16.7 Å². The zero-order valence-corrected chi connectivity index (χ0v) is 18.6. The number of anilines is 1. The third-order valence-electron chi connectivity index (χ3n) is 4.74. The monoisotopic (exact) mass is 451 g/mol. The topological polar surface area (TPSA) is 109 Å². The highest BCUT2D eigenvalue weighted by atomic mass is 32.2. The van der Waals surface area contributed by atoms with Crippen molar-refractivity contribution in [1.82, 2.24) is 4.90 Å². The van der Waals surface area contributed by atoms with Crippen LogP contribution >= 0.6 is 11.8 Å². The number of hydrogen-bond donors (Lipinski definition) is 1. The molecule has 0 bridgehead atoms. The molecule has 1 heterocycles. The van der Waals surface area contributed by atoms with Crippen LogP contribution < -0.4 is 14.8 Å². The third-order valence-corrected chi connectivity index (χ3v) is 5.65. The van der Waals surface area contributed by atoms with Crippen LogP contribution in [0.15, 0.2) is 41.3 Å². The lowest BCUT2D eigenvalue weighted by molar-refractivity contribution is -0.127. The fourth-order valence-corrected chi connectivity index (χ4v) is 3.79. The number of benzene rings is 2. The van der Waals surface area contributed by atoms with Crippen molar-refractivity contribution in [3.63, 3.8) is 0 Å². The van der Waals surface area contributed by atoms with Crippen LogP contribution in [-0.4, -0.2) is 42.2 Å². The molecular formula is C23H21N3O5S. The van der Waals surface area contributed by atoms with Gasteiger partial charge in [0.2, 0.25) is 5.91 Å². The molecular weight excluding hydrogens is 430 g/mol. The average molecular weight is 452 g/mol. The van der Waals surface area contributed by atoms with Crippen molar-refractivity contribution in [2.45, 2.75) is 13.8 Å².